The van der Waals surface area contributed by atoms with Gasteiger partial charge in [0.05, 0.1) is 0 Å². The molecule has 7 heteroatoms. The minimum atomic E-state index is -0.899. The first kappa shape index (κ1) is 17.2. The Morgan fingerprint density at radius 2 is 1.74 bits per heavy atom. The Morgan fingerprint density at radius 1 is 1.11 bits per heavy atom. The van der Waals surface area contributed by atoms with Gasteiger partial charge in [0, 0.05) is 19.5 Å². The Labute approximate surface area is 113 Å². The zero-order valence-corrected chi connectivity index (χ0v) is 11.7. The van der Waals surface area contributed by atoms with E-state index < -0.39 is 18.0 Å². The summed E-state index contributed by atoms with van der Waals surface area (Å²) in [6.07, 6.45) is 0.362. The van der Waals surface area contributed by atoms with Gasteiger partial charge in [0.2, 0.25) is 5.91 Å². The highest BCUT2D eigenvalue weighted by Gasteiger charge is 2.14. The summed E-state index contributed by atoms with van der Waals surface area (Å²) in [6.45, 7) is 6.37. The van der Waals surface area contributed by atoms with E-state index in [-0.39, 0.29) is 18.9 Å². The third-order valence-electron chi connectivity index (χ3n) is 2.28. The highest BCUT2D eigenvalue weighted by Crippen LogP contribution is 1.90. The Kier molecular flexibility index (Phi) is 8.32. The highest BCUT2D eigenvalue weighted by molar-refractivity contribution is 5.86. The molecule has 0 bridgehead atoms. The SMILES string of the molecule is CC(C)CNC(=O)C(C)NC(=O)NCCCC(=O)O. The topological polar surface area (TPSA) is 108 Å². The number of carbonyl (C=O) groups is 3. The van der Waals surface area contributed by atoms with Gasteiger partial charge in [-0.3, -0.25) is 9.59 Å². The minimum Gasteiger partial charge on any atom is -0.481 e. The maximum absolute atomic E-state index is 11.6. The van der Waals surface area contributed by atoms with Gasteiger partial charge in [-0.25, -0.2) is 4.79 Å². The quantitative estimate of drug-likeness (QED) is 0.477. The Hall–Kier alpha value is -1.79. The number of amides is 3. The summed E-state index contributed by atoms with van der Waals surface area (Å²) >= 11 is 0. The van der Waals surface area contributed by atoms with Gasteiger partial charge in [-0.15, -0.1) is 0 Å². The maximum atomic E-state index is 11.6. The van der Waals surface area contributed by atoms with E-state index in [0.29, 0.717) is 18.9 Å². The second-order valence-corrected chi connectivity index (χ2v) is 4.76. The van der Waals surface area contributed by atoms with E-state index in [1.807, 2.05) is 13.8 Å². The summed E-state index contributed by atoms with van der Waals surface area (Å²) in [5.74, 6) is -0.793. The van der Waals surface area contributed by atoms with Gasteiger partial charge in [0.25, 0.3) is 0 Å². The zero-order valence-electron chi connectivity index (χ0n) is 11.7. The predicted octanol–water partition coefficient (Wildman–Crippen LogP) is 0.311. The fraction of sp³-hybridized carbons (Fsp3) is 0.750. The van der Waals surface area contributed by atoms with Crippen LogP contribution in [0.25, 0.3) is 0 Å². The van der Waals surface area contributed by atoms with Crippen molar-refractivity contribution in [2.75, 3.05) is 13.1 Å². The standard InChI is InChI=1S/C12H23N3O4/c1-8(2)7-14-11(18)9(3)15-12(19)13-6-4-5-10(16)17/h8-9H,4-7H2,1-3H3,(H,14,18)(H,16,17)(H2,13,15,19). The molecule has 0 fully saturated rings. The van der Waals surface area contributed by atoms with Gasteiger partial charge >= 0.3 is 12.0 Å². The monoisotopic (exact) mass is 273 g/mol. The summed E-state index contributed by atoms with van der Waals surface area (Å²) in [4.78, 5) is 33.2. The molecule has 3 amide bonds. The molecule has 0 aliphatic rings. The fourth-order valence-electron chi connectivity index (χ4n) is 1.21. The van der Waals surface area contributed by atoms with Gasteiger partial charge in [-0.2, -0.15) is 0 Å². The van der Waals surface area contributed by atoms with Gasteiger partial charge in [0.1, 0.15) is 6.04 Å². The smallest absolute Gasteiger partial charge is 0.315 e. The molecule has 19 heavy (non-hydrogen) atoms. The van der Waals surface area contributed by atoms with Crippen LogP contribution in [0.5, 0.6) is 0 Å². The molecule has 0 saturated carbocycles. The lowest BCUT2D eigenvalue weighted by Crippen LogP contribution is -2.49. The van der Waals surface area contributed by atoms with Crippen LogP contribution in [0.1, 0.15) is 33.6 Å². The van der Waals surface area contributed by atoms with Crippen molar-refractivity contribution in [2.45, 2.75) is 39.7 Å². The molecule has 4 N–H and O–H groups in total. The van der Waals surface area contributed by atoms with Crippen LogP contribution in [0.2, 0.25) is 0 Å². The molecule has 110 valence electrons. The van der Waals surface area contributed by atoms with Crippen LogP contribution < -0.4 is 16.0 Å². The molecular weight excluding hydrogens is 250 g/mol. The van der Waals surface area contributed by atoms with Crippen LogP contribution >= 0.6 is 0 Å². The number of hydrogen-bond acceptors (Lipinski definition) is 3. The first-order valence-corrected chi connectivity index (χ1v) is 6.36. The van der Waals surface area contributed by atoms with Crippen LogP contribution in [-0.4, -0.2) is 42.1 Å². The van der Waals surface area contributed by atoms with Crippen LogP contribution in [0.15, 0.2) is 0 Å². The number of nitrogens with one attached hydrogen (secondary N) is 3. The molecule has 0 saturated heterocycles. The average Bonchev–Trinajstić information content (AvgIpc) is 2.31. The van der Waals surface area contributed by atoms with Crippen molar-refractivity contribution in [2.24, 2.45) is 5.92 Å². The molecule has 0 rings (SSSR count). The van der Waals surface area contributed by atoms with E-state index in [9.17, 15) is 14.4 Å². The van der Waals surface area contributed by atoms with Crippen LogP contribution in [-0.2, 0) is 9.59 Å². The largest absolute Gasteiger partial charge is 0.481 e. The maximum Gasteiger partial charge on any atom is 0.315 e. The van der Waals surface area contributed by atoms with E-state index in [1.165, 1.54) is 0 Å². The number of hydrogen-bond donors (Lipinski definition) is 4. The summed E-state index contributed by atoms with van der Waals surface area (Å²) in [6, 6.07) is -1.10. The van der Waals surface area contributed by atoms with E-state index in [2.05, 4.69) is 16.0 Å². The molecule has 0 aromatic rings. The van der Waals surface area contributed by atoms with Crippen molar-refractivity contribution in [1.82, 2.24) is 16.0 Å². The molecule has 0 heterocycles. The normalized spacial score (nSPS) is 11.8. The van der Waals surface area contributed by atoms with Crippen molar-refractivity contribution in [1.29, 1.82) is 0 Å². The number of carboxylic acid groups (broad SMARTS) is 1. The average molecular weight is 273 g/mol. The van der Waals surface area contributed by atoms with E-state index in [0.717, 1.165) is 0 Å². The van der Waals surface area contributed by atoms with Crippen molar-refractivity contribution < 1.29 is 19.5 Å². The van der Waals surface area contributed by atoms with Crippen LogP contribution in [0.3, 0.4) is 0 Å². The van der Waals surface area contributed by atoms with Crippen molar-refractivity contribution in [3.8, 4) is 0 Å². The highest BCUT2D eigenvalue weighted by atomic mass is 16.4. The molecule has 1 atom stereocenters. The number of carbonyl (C=O) groups excluding carboxylic acids is 2. The van der Waals surface area contributed by atoms with Gasteiger partial charge < -0.3 is 21.1 Å². The first-order valence-electron chi connectivity index (χ1n) is 6.36. The number of carboxylic acids is 1. The molecular formula is C12H23N3O4. The Bertz CT molecular complexity index is 318. The predicted molar refractivity (Wildman–Crippen MR) is 70.7 cm³/mol. The molecule has 0 aliphatic carbocycles. The van der Waals surface area contributed by atoms with Gasteiger partial charge in [-0.1, -0.05) is 13.8 Å². The second-order valence-electron chi connectivity index (χ2n) is 4.76. The molecule has 0 aliphatic heterocycles. The summed E-state index contributed by atoms with van der Waals surface area (Å²) < 4.78 is 0. The van der Waals surface area contributed by atoms with Crippen molar-refractivity contribution in [3.05, 3.63) is 0 Å². The van der Waals surface area contributed by atoms with Crippen molar-refractivity contribution in [3.63, 3.8) is 0 Å². The Balaban J connectivity index is 3.79. The number of rotatable bonds is 8. The van der Waals surface area contributed by atoms with Gasteiger partial charge in [0.15, 0.2) is 0 Å². The number of urea groups is 1. The van der Waals surface area contributed by atoms with Crippen LogP contribution in [0, 0.1) is 5.92 Å². The Morgan fingerprint density at radius 3 is 2.26 bits per heavy atom. The third-order valence-corrected chi connectivity index (χ3v) is 2.28. The first-order chi connectivity index (χ1) is 8.82. The molecule has 1 unspecified atom stereocenters. The summed E-state index contributed by atoms with van der Waals surface area (Å²) in [5, 5.41) is 16.1. The number of aliphatic carboxylic acids is 1. The van der Waals surface area contributed by atoms with Gasteiger partial charge in [-0.05, 0) is 19.3 Å². The molecule has 0 aromatic carbocycles. The lowest BCUT2D eigenvalue weighted by molar-refractivity contribution is -0.137. The third kappa shape index (κ3) is 9.87. The van der Waals surface area contributed by atoms with Crippen molar-refractivity contribution >= 4 is 17.9 Å². The molecule has 0 aromatic heterocycles. The molecule has 0 spiro atoms. The summed E-state index contributed by atoms with van der Waals surface area (Å²) in [5.41, 5.74) is 0. The zero-order chi connectivity index (χ0) is 14.8. The minimum absolute atomic E-state index is 0.00467. The lowest BCUT2D eigenvalue weighted by Gasteiger charge is -2.15. The fourth-order valence-corrected chi connectivity index (χ4v) is 1.21. The van der Waals surface area contributed by atoms with E-state index in [1.54, 1.807) is 6.92 Å². The van der Waals surface area contributed by atoms with E-state index >= 15 is 0 Å². The second kappa shape index (κ2) is 9.18. The lowest BCUT2D eigenvalue weighted by atomic mass is 10.2. The molecule has 0 radical (unpaired) electrons. The van der Waals surface area contributed by atoms with Crippen LogP contribution in [0.4, 0.5) is 4.79 Å². The summed E-state index contributed by atoms with van der Waals surface area (Å²) in [7, 11) is 0. The van der Waals surface area contributed by atoms with E-state index in [4.69, 9.17) is 5.11 Å². The molecule has 7 nitrogen and oxygen atoms in total.